The van der Waals surface area contributed by atoms with E-state index in [0.717, 1.165) is 41.1 Å². The largest absolute Gasteiger partial charge is 0.387 e. The molecule has 1 aliphatic rings. The van der Waals surface area contributed by atoms with Gasteiger partial charge >= 0.3 is 0 Å². The number of anilines is 1. The van der Waals surface area contributed by atoms with E-state index in [0.29, 0.717) is 6.54 Å². The second-order valence-electron chi connectivity index (χ2n) is 5.64. The highest BCUT2D eigenvalue weighted by molar-refractivity contribution is 7.18. The normalized spacial score (nSPS) is 15.3. The van der Waals surface area contributed by atoms with Gasteiger partial charge < -0.3 is 15.7 Å². The third kappa shape index (κ3) is 2.81. The molecule has 0 spiro atoms. The van der Waals surface area contributed by atoms with Gasteiger partial charge in [-0.3, -0.25) is 0 Å². The summed E-state index contributed by atoms with van der Waals surface area (Å²) < 4.78 is 0. The molecule has 0 unspecified atom stereocenters. The van der Waals surface area contributed by atoms with Crippen LogP contribution in [-0.4, -0.2) is 28.2 Å². The predicted octanol–water partition coefficient (Wildman–Crippen LogP) is 2.48. The van der Waals surface area contributed by atoms with E-state index in [1.807, 2.05) is 30.3 Å². The first-order valence-corrected chi connectivity index (χ1v) is 8.57. The van der Waals surface area contributed by atoms with Gasteiger partial charge in [0.25, 0.3) is 0 Å². The van der Waals surface area contributed by atoms with Gasteiger partial charge in [0.05, 0.1) is 11.5 Å². The van der Waals surface area contributed by atoms with Gasteiger partial charge in [-0.15, -0.1) is 11.3 Å². The van der Waals surface area contributed by atoms with Crippen LogP contribution in [-0.2, 0) is 13.0 Å². The molecular formula is C17H18N4OS. The molecule has 0 aliphatic carbocycles. The summed E-state index contributed by atoms with van der Waals surface area (Å²) >= 11 is 1.73. The van der Waals surface area contributed by atoms with Crippen LogP contribution >= 0.6 is 11.3 Å². The van der Waals surface area contributed by atoms with Crippen molar-refractivity contribution in [1.29, 1.82) is 0 Å². The number of rotatable bonds is 4. The Hall–Kier alpha value is -2.02. The van der Waals surface area contributed by atoms with Crippen molar-refractivity contribution < 1.29 is 5.11 Å². The Bertz CT molecular complexity index is 818. The average Bonchev–Trinajstić information content (AvgIpc) is 2.99. The fourth-order valence-electron chi connectivity index (χ4n) is 2.98. The molecule has 118 valence electrons. The van der Waals surface area contributed by atoms with Gasteiger partial charge in [-0.25, -0.2) is 9.97 Å². The highest BCUT2D eigenvalue weighted by atomic mass is 32.1. The van der Waals surface area contributed by atoms with Crippen LogP contribution in [0.25, 0.3) is 10.2 Å². The molecular weight excluding hydrogens is 308 g/mol. The fraction of sp³-hybridized carbons (Fsp3) is 0.294. The number of hydrogen-bond acceptors (Lipinski definition) is 6. The first-order valence-electron chi connectivity index (χ1n) is 7.76. The molecule has 1 atom stereocenters. The van der Waals surface area contributed by atoms with E-state index in [4.69, 9.17) is 0 Å². The molecule has 3 heterocycles. The number of hydrogen-bond donors (Lipinski definition) is 3. The summed E-state index contributed by atoms with van der Waals surface area (Å²) in [5.74, 6) is 0.824. The van der Waals surface area contributed by atoms with E-state index < -0.39 is 6.10 Å². The van der Waals surface area contributed by atoms with E-state index >= 15 is 0 Å². The lowest BCUT2D eigenvalue weighted by atomic mass is 10.1. The van der Waals surface area contributed by atoms with Crippen molar-refractivity contribution in [2.45, 2.75) is 19.1 Å². The van der Waals surface area contributed by atoms with Gasteiger partial charge in [0, 0.05) is 18.0 Å². The van der Waals surface area contributed by atoms with Crippen molar-refractivity contribution in [1.82, 2.24) is 15.3 Å². The zero-order chi connectivity index (χ0) is 15.6. The SMILES string of the molecule is O[C@H](CNc1ncnc2sc3c(c12)CCNC3)c1ccccc1. The van der Waals surface area contributed by atoms with Crippen LogP contribution in [0.15, 0.2) is 36.7 Å². The molecule has 1 aliphatic heterocycles. The molecule has 0 saturated carbocycles. The van der Waals surface area contributed by atoms with Gasteiger partial charge in [0.2, 0.25) is 0 Å². The van der Waals surface area contributed by atoms with E-state index in [1.165, 1.54) is 10.4 Å². The van der Waals surface area contributed by atoms with Crippen molar-refractivity contribution in [3.63, 3.8) is 0 Å². The summed E-state index contributed by atoms with van der Waals surface area (Å²) in [5.41, 5.74) is 2.25. The van der Waals surface area contributed by atoms with E-state index in [1.54, 1.807) is 17.7 Å². The molecule has 6 heteroatoms. The van der Waals surface area contributed by atoms with Crippen LogP contribution in [0.2, 0.25) is 0 Å². The first-order chi connectivity index (χ1) is 11.3. The van der Waals surface area contributed by atoms with Gasteiger partial charge in [0.1, 0.15) is 17.0 Å². The molecule has 3 aromatic rings. The average molecular weight is 326 g/mol. The summed E-state index contributed by atoms with van der Waals surface area (Å²) in [5, 5.41) is 18.2. The number of nitrogens with one attached hydrogen (secondary N) is 2. The van der Waals surface area contributed by atoms with Crippen molar-refractivity contribution in [3.05, 3.63) is 52.7 Å². The highest BCUT2D eigenvalue weighted by Gasteiger charge is 2.20. The molecule has 1 aromatic carbocycles. The number of aliphatic hydroxyl groups excluding tert-OH is 1. The first kappa shape index (κ1) is 14.6. The summed E-state index contributed by atoms with van der Waals surface area (Å²) in [6, 6.07) is 9.68. The van der Waals surface area contributed by atoms with Crippen LogP contribution in [0.3, 0.4) is 0 Å². The minimum atomic E-state index is -0.558. The van der Waals surface area contributed by atoms with Crippen molar-refractivity contribution in [2.75, 3.05) is 18.4 Å². The minimum absolute atomic E-state index is 0.430. The monoisotopic (exact) mass is 326 g/mol. The zero-order valence-corrected chi connectivity index (χ0v) is 13.4. The molecule has 23 heavy (non-hydrogen) atoms. The third-order valence-corrected chi connectivity index (χ3v) is 5.30. The Morgan fingerprint density at radius 2 is 2.13 bits per heavy atom. The minimum Gasteiger partial charge on any atom is -0.387 e. The predicted molar refractivity (Wildman–Crippen MR) is 92.7 cm³/mol. The summed E-state index contributed by atoms with van der Waals surface area (Å²) in [7, 11) is 0. The Balaban J connectivity index is 1.60. The molecule has 0 bridgehead atoms. The van der Waals surface area contributed by atoms with Crippen LogP contribution in [0.4, 0.5) is 5.82 Å². The van der Waals surface area contributed by atoms with Crippen molar-refractivity contribution in [3.8, 4) is 0 Å². The zero-order valence-electron chi connectivity index (χ0n) is 12.6. The second-order valence-corrected chi connectivity index (χ2v) is 6.72. The maximum atomic E-state index is 10.3. The number of benzene rings is 1. The van der Waals surface area contributed by atoms with Crippen LogP contribution in [0.1, 0.15) is 22.1 Å². The highest BCUT2D eigenvalue weighted by Crippen LogP contribution is 2.35. The molecule has 5 nitrogen and oxygen atoms in total. The van der Waals surface area contributed by atoms with Crippen LogP contribution < -0.4 is 10.6 Å². The number of aromatic nitrogens is 2. The molecule has 0 fully saturated rings. The standard InChI is InChI=1S/C17H18N4OS/c22-13(11-4-2-1-3-5-11)8-19-16-15-12-6-7-18-9-14(12)23-17(15)21-10-20-16/h1-5,10,13,18,22H,6-9H2,(H,19,20,21)/t13-/m1/s1. The molecule has 0 saturated heterocycles. The van der Waals surface area contributed by atoms with Gasteiger partial charge in [-0.2, -0.15) is 0 Å². The summed E-state index contributed by atoms with van der Waals surface area (Å²) in [6.45, 7) is 2.32. The Morgan fingerprint density at radius 3 is 3.00 bits per heavy atom. The Morgan fingerprint density at radius 1 is 1.26 bits per heavy atom. The molecule has 0 radical (unpaired) electrons. The van der Waals surface area contributed by atoms with E-state index in [2.05, 4.69) is 20.6 Å². The smallest absolute Gasteiger partial charge is 0.138 e. The van der Waals surface area contributed by atoms with Gasteiger partial charge in [-0.1, -0.05) is 30.3 Å². The number of thiophene rings is 1. The Labute approximate surface area is 138 Å². The number of nitrogens with zero attached hydrogens (tertiary/aromatic N) is 2. The quantitative estimate of drug-likeness (QED) is 0.687. The van der Waals surface area contributed by atoms with E-state index in [9.17, 15) is 5.11 Å². The fourth-order valence-corrected chi connectivity index (χ4v) is 4.14. The lowest BCUT2D eigenvalue weighted by Crippen LogP contribution is -2.22. The lowest BCUT2D eigenvalue weighted by molar-refractivity contribution is 0.191. The molecule has 3 N–H and O–H groups in total. The van der Waals surface area contributed by atoms with Crippen LogP contribution in [0.5, 0.6) is 0 Å². The third-order valence-electron chi connectivity index (χ3n) is 4.16. The lowest BCUT2D eigenvalue weighted by Gasteiger charge is -2.15. The summed E-state index contributed by atoms with van der Waals surface area (Å²) in [4.78, 5) is 11.2. The van der Waals surface area contributed by atoms with Crippen LogP contribution in [0, 0.1) is 0 Å². The maximum absolute atomic E-state index is 10.3. The van der Waals surface area contributed by atoms with Gasteiger partial charge in [0.15, 0.2) is 0 Å². The topological polar surface area (TPSA) is 70.1 Å². The van der Waals surface area contributed by atoms with E-state index in [-0.39, 0.29) is 0 Å². The van der Waals surface area contributed by atoms with Crippen molar-refractivity contribution in [2.24, 2.45) is 0 Å². The second kappa shape index (κ2) is 6.23. The molecule has 2 aromatic heterocycles. The maximum Gasteiger partial charge on any atom is 0.138 e. The van der Waals surface area contributed by atoms with Gasteiger partial charge in [-0.05, 0) is 24.1 Å². The Kier molecular flexibility index (Phi) is 3.95. The number of fused-ring (bicyclic) bond motifs is 3. The number of aliphatic hydroxyl groups is 1. The van der Waals surface area contributed by atoms with Crippen molar-refractivity contribution >= 4 is 27.4 Å². The molecule has 0 amide bonds. The summed E-state index contributed by atoms with van der Waals surface area (Å²) in [6.07, 6.45) is 2.03. The molecule has 4 rings (SSSR count).